The molecule has 0 spiro atoms. The highest BCUT2D eigenvalue weighted by Gasteiger charge is 2.22. The van der Waals surface area contributed by atoms with Crippen LogP contribution in [0.2, 0.25) is 0 Å². The van der Waals surface area contributed by atoms with Gasteiger partial charge in [0.15, 0.2) is 0 Å². The minimum Gasteiger partial charge on any atom is -0.375 e. The number of benzene rings is 1. The van der Waals surface area contributed by atoms with E-state index < -0.39 is 11.6 Å². The fourth-order valence-corrected chi connectivity index (χ4v) is 3.16. The highest BCUT2D eigenvalue weighted by Crippen LogP contribution is 2.34. The molecule has 21 heavy (non-hydrogen) atoms. The Morgan fingerprint density at radius 1 is 1.24 bits per heavy atom. The summed E-state index contributed by atoms with van der Waals surface area (Å²) in [5.41, 5.74) is 1.25. The first-order valence-electron chi connectivity index (χ1n) is 6.88. The number of hydrogen-bond donors (Lipinski definition) is 1. The third kappa shape index (κ3) is 3.59. The van der Waals surface area contributed by atoms with Crippen molar-refractivity contribution in [3.63, 3.8) is 0 Å². The smallest absolute Gasteiger partial charge is 0.149 e. The van der Waals surface area contributed by atoms with E-state index in [1.807, 2.05) is 13.8 Å². The molecular formula is C16H20F2N2S. The number of aromatic nitrogens is 1. The third-order valence-electron chi connectivity index (χ3n) is 3.17. The summed E-state index contributed by atoms with van der Waals surface area (Å²) in [6.45, 7) is 10.3. The van der Waals surface area contributed by atoms with Crippen molar-refractivity contribution in [2.75, 3.05) is 5.32 Å². The lowest BCUT2D eigenvalue weighted by atomic mass is 9.98. The second-order valence-corrected chi connectivity index (χ2v) is 7.24. The Bertz CT molecular complexity index is 644. The minimum absolute atomic E-state index is 0.00543. The first-order valence-corrected chi connectivity index (χ1v) is 7.69. The second-order valence-electron chi connectivity index (χ2n) is 6.21. The number of thiazole rings is 1. The molecule has 0 radical (unpaired) electrons. The molecule has 0 aliphatic rings. The summed E-state index contributed by atoms with van der Waals surface area (Å²) < 4.78 is 26.6. The van der Waals surface area contributed by atoms with Gasteiger partial charge in [-0.1, -0.05) is 20.8 Å². The van der Waals surface area contributed by atoms with E-state index in [0.717, 1.165) is 21.6 Å². The molecule has 114 valence electrons. The van der Waals surface area contributed by atoms with Crippen LogP contribution < -0.4 is 5.32 Å². The van der Waals surface area contributed by atoms with Crippen molar-refractivity contribution >= 4 is 17.0 Å². The topological polar surface area (TPSA) is 24.9 Å². The first-order chi connectivity index (χ1) is 9.68. The average molecular weight is 310 g/mol. The van der Waals surface area contributed by atoms with E-state index in [2.05, 4.69) is 31.1 Å². The molecule has 2 nitrogen and oxygen atoms in total. The van der Waals surface area contributed by atoms with Crippen LogP contribution in [0.15, 0.2) is 18.2 Å². The van der Waals surface area contributed by atoms with Gasteiger partial charge in [-0.3, -0.25) is 0 Å². The Balaban J connectivity index is 2.24. The van der Waals surface area contributed by atoms with Gasteiger partial charge in [0.05, 0.1) is 22.4 Å². The van der Waals surface area contributed by atoms with Crippen molar-refractivity contribution in [2.24, 2.45) is 0 Å². The quantitative estimate of drug-likeness (QED) is 0.842. The number of hydrogen-bond acceptors (Lipinski definition) is 3. The van der Waals surface area contributed by atoms with Crippen LogP contribution in [-0.2, 0) is 5.41 Å². The van der Waals surface area contributed by atoms with Crippen molar-refractivity contribution in [2.45, 2.75) is 46.1 Å². The van der Waals surface area contributed by atoms with Crippen LogP contribution in [0, 0.1) is 18.6 Å². The van der Waals surface area contributed by atoms with Crippen LogP contribution >= 0.6 is 11.3 Å². The summed E-state index contributed by atoms with van der Waals surface area (Å²) in [6, 6.07) is 3.47. The molecule has 2 aromatic rings. The molecule has 0 saturated carbocycles. The lowest BCUT2D eigenvalue weighted by Gasteiger charge is -2.16. The van der Waals surface area contributed by atoms with Crippen LogP contribution in [-0.4, -0.2) is 4.98 Å². The van der Waals surface area contributed by atoms with Gasteiger partial charge < -0.3 is 5.32 Å². The summed E-state index contributed by atoms with van der Waals surface area (Å²) in [7, 11) is 0. The molecule has 1 aromatic heterocycles. The van der Waals surface area contributed by atoms with Gasteiger partial charge in [-0.15, -0.1) is 11.3 Å². The molecule has 1 N–H and O–H groups in total. The first kappa shape index (κ1) is 15.9. The molecule has 0 aliphatic carbocycles. The number of nitrogens with zero attached hydrogens (tertiary/aromatic N) is 1. The van der Waals surface area contributed by atoms with E-state index in [0.29, 0.717) is 5.69 Å². The number of aryl methyl sites for hydroxylation is 1. The average Bonchev–Trinajstić information content (AvgIpc) is 2.75. The highest BCUT2D eigenvalue weighted by atomic mass is 32.1. The SMILES string of the molecule is Cc1nc(C(C)(C)C)sc1C(C)Nc1ccc(F)cc1F. The molecule has 1 atom stereocenters. The minimum atomic E-state index is -0.583. The Morgan fingerprint density at radius 3 is 2.43 bits per heavy atom. The fourth-order valence-electron chi connectivity index (χ4n) is 2.04. The van der Waals surface area contributed by atoms with Crippen molar-refractivity contribution in [1.29, 1.82) is 0 Å². The summed E-state index contributed by atoms with van der Waals surface area (Å²) in [5.74, 6) is -1.16. The molecule has 0 bridgehead atoms. The van der Waals surface area contributed by atoms with E-state index in [1.165, 1.54) is 12.1 Å². The van der Waals surface area contributed by atoms with Crippen LogP contribution in [0.25, 0.3) is 0 Å². The van der Waals surface area contributed by atoms with Gasteiger partial charge in [-0.2, -0.15) is 0 Å². The number of halogens is 2. The molecule has 0 amide bonds. The van der Waals surface area contributed by atoms with Crippen LogP contribution in [0.1, 0.15) is 49.3 Å². The maximum atomic E-state index is 13.7. The molecule has 5 heteroatoms. The van der Waals surface area contributed by atoms with Gasteiger partial charge in [0.25, 0.3) is 0 Å². The zero-order valence-corrected chi connectivity index (χ0v) is 13.7. The Labute approximate surface area is 128 Å². The molecule has 0 aliphatic heterocycles. The van der Waals surface area contributed by atoms with E-state index in [9.17, 15) is 8.78 Å². The van der Waals surface area contributed by atoms with E-state index >= 15 is 0 Å². The molecule has 1 aromatic carbocycles. The predicted molar refractivity (Wildman–Crippen MR) is 83.9 cm³/mol. The monoisotopic (exact) mass is 310 g/mol. The van der Waals surface area contributed by atoms with Gasteiger partial charge in [0.2, 0.25) is 0 Å². The number of rotatable bonds is 3. The van der Waals surface area contributed by atoms with Crippen molar-refractivity contribution in [1.82, 2.24) is 4.98 Å². The van der Waals surface area contributed by atoms with Gasteiger partial charge >= 0.3 is 0 Å². The van der Waals surface area contributed by atoms with Gasteiger partial charge in [0.1, 0.15) is 11.6 Å². The second kappa shape index (κ2) is 5.72. The van der Waals surface area contributed by atoms with Crippen LogP contribution in [0.4, 0.5) is 14.5 Å². The highest BCUT2D eigenvalue weighted by molar-refractivity contribution is 7.12. The molecule has 1 unspecified atom stereocenters. The Morgan fingerprint density at radius 2 is 1.90 bits per heavy atom. The summed E-state index contributed by atoms with van der Waals surface area (Å²) in [6.07, 6.45) is 0. The number of nitrogens with one attached hydrogen (secondary N) is 1. The molecular weight excluding hydrogens is 290 g/mol. The largest absolute Gasteiger partial charge is 0.375 e. The molecule has 0 saturated heterocycles. The standard InChI is InChI=1S/C16H20F2N2S/c1-9(19-13-7-6-11(17)8-12(13)18)14-10(2)20-15(21-14)16(3,4)5/h6-9,19H,1-5H3. The van der Waals surface area contributed by atoms with Crippen LogP contribution in [0.5, 0.6) is 0 Å². The van der Waals surface area contributed by atoms with Crippen molar-refractivity contribution in [3.05, 3.63) is 45.4 Å². The van der Waals surface area contributed by atoms with Crippen molar-refractivity contribution in [3.8, 4) is 0 Å². The van der Waals surface area contributed by atoms with Gasteiger partial charge in [-0.05, 0) is 26.0 Å². The van der Waals surface area contributed by atoms with Crippen molar-refractivity contribution < 1.29 is 8.78 Å². The fraction of sp³-hybridized carbons (Fsp3) is 0.438. The van der Waals surface area contributed by atoms with E-state index in [4.69, 9.17) is 0 Å². The Hall–Kier alpha value is -1.49. The van der Waals surface area contributed by atoms with Gasteiger partial charge in [-0.25, -0.2) is 13.8 Å². The summed E-state index contributed by atoms with van der Waals surface area (Å²) in [4.78, 5) is 5.68. The molecule has 2 rings (SSSR count). The summed E-state index contributed by atoms with van der Waals surface area (Å²) >= 11 is 1.63. The lowest BCUT2D eigenvalue weighted by molar-refractivity contribution is 0.584. The van der Waals surface area contributed by atoms with Gasteiger partial charge in [0, 0.05) is 16.4 Å². The Kier molecular flexibility index (Phi) is 4.33. The number of anilines is 1. The van der Waals surface area contributed by atoms with E-state index in [-0.39, 0.29) is 11.5 Å². The zero-order chi connectivity index (χ0) is 15.8. The molecule has 1 heterocycles. The maximum Gasteiger partial charge on any atom is 0.149 e. The van der Waals surface area contributed by atoms with E-state index in [1.54, 1.807) is 11.3 Å². The summed E-state index contributed by atoms with van der Waals surface area (Å²) in [5, 5.41) is 4.15. The van der Waals surface area contributed by atoms with Crippen LogP contribution in [0.3, 0.4) is 0 Å². The normalized spacial score (nSPS) is 13.3. The molecule has 0 fully saturated rings. The maximum absolute atomic E-state index is 13.7. The third-order valence-corrected chi connectivity index (χ3v) is 4.94. The lowest BCUT2D eigenvalue weighted by Crippen LogP contribution is -2.10. The zero-order valence-electron chi connectivity index (χ0n) is 12.9. The predicted octanol–water partition coefficient (Wildman–Crippen LogP) is 5.20.